The van der Waals surface area contributed by atoms with Crippen LogP contribution in [0.2, 0.25) is 0 Å². The second-order valence-corrected chi connectivity index (χ2v) is 2.80. The van der Waals surface area contributed by atoms with Crippen molar-refractivity contribution in [1.29, 1.82) is 0 Å². The van der Waals surface area contributed by atoms with Crippen LogP contribution < -0.4 is 0 Å². The van der Waals surface area contributed by atoms with Gasteiger partial charge < -0.3 is 19.5 Å². The molecule has 0 aliphatic rings. The highest BCUT2D eigenvalue weighted by atomic mass is 16.7. The van der Waals surface area contributed by atoms with E-state index in [0.29, 0.717) is 0 Å². The van der Waals surface area contributed by atoms with Gasteiger partial charge in [0.2, 0.25) is 5.79 Å². The molecule has 0 aromatic rings. The molecule has 78 valence electrons. The van der Waals surface area contributed by atoms with Crippen molar-refractivity contribution in [3.63, 3.8) is 0 Å². The van der Waals surface area contributed by atoms with E-state index in [4.69, 9.17) is 14.6 Å². The quantitative estimate of drug-likeness (QED) is 0.592. The predicted molar refractivity (Wildman–Crippen MR) is 47.1 cm³/mol. The minimum Gasteiger partial charge on any atom is -0.395 e. The molecule has 0 saturated heterocycles. The van der Waals surface area contributed by atoms with Gasteiger partial charge in [0.05, 0.1) is 6.61 Å². The summed E-state index contributed by atoms with van der Waals surface area (Å²) in [5.41, 5.74) is 0. The molecule has 0 fully saturated rings. The largest absolute Gasteiger partial charge is 0.395 e. The molecular formula is C8H17NO4. The Bertz CT molecular complexity index is 168. The Morgan fingerprint density at radius 2 is 1.92 bits per heavy atom. The summed E-state index contributed by atoms with van der Waals surface area (Å²) in [5.74, 6) is -1.57. The number of likely N-dealkylation sites (N-methyl/N-ethyl adjacent to an activating group) is 1. The number of ether oxygens (including phenoxy) is 2. The normalized spacial score (nSPS) is 11.5. The Hall–Kier alpha value is -0.650. The number of nitrogens with zero attached hydrogens (tertiary/aromatic N) is 1. The van der Waals surface area contributed by atoms with Gasteiger partial charge in [-0.3, -0.25) is 4.79 Å². The molecule has 0 spiro atoms. The summed E-state index contributed by atoms with van der Waals surface area (Å²) in [6.07, 6.45) is 0. The van der Waals surface area contributed by atoms with Crippen LogP contribution in [0.15, 0.2) is 0 Å². The molecule has 0 aliphatic carbocycles. The Morgan fingerprint density at radius 3 is 2.23 bits per heavy atom. The van der Waals surface area contributed by atoms with E-state index in [1.54, 1.807) is 7.05 Å². The highest BCUT2D eigenvalue weighted by Gasteiger charge is 2.35. The van der Waals surface area contributed by atoms with Gasteiger partial charge in [0.15, 0.2) is 0 Å². The first kappa shape index (κ1) is 12.3. The number of aliphatic hydroxyl groups is 1. The number of hydrogen-bond acceptors (Lipinski definition) is 4. The van der Waals surface area contributed by atoms with Crippen molar-refractivity contribution in [2.75, 3.05) is 34.4 Å². The fourth-order valence-corrected chi connectivity index (χ4v) is 0.856. The molecule has 1 amide bonds. The van der Waals surface area contributed by atoms with E-state index in [1.807, 2.05) is 0 Å². The van der Waals surface area contributed by atoms with E-state index >= 15 is 0 Å². The summed E-state index contributed by atoms with van der Waals surface area (Å²) < 4.78 is 9.84. The maximum Gasteiger partial charge on any atom is 0.282 e. The molecule has 0 aromatic carbocycles. The third-order valence-electron chi connectivity index (χ3n) is 1.95. The van der Waals surface area contributed by atoms with Crippen molar-refractivity contribution >= 4 is 5.91 Å². The van der Waals surface area contributed by atoms with E-state index in [2.05, 4.69) is 0 Å². The average Bonchev–Trinajstić information content (AvgIpc) is 2.16. The smallest absolute Gasteiger partial charge is 0.282 e. The van der Waals surface area contributed by atoms with Gasteiger partial charge in [0.1, 0.15) is 0 Å². The molecule has 0 heterocycles. The first-order valence-corrected chi connectivity index (χ1v) is 3.98. The molecule has 0 aliphatic heterocycles. The second kappa shape index (κ2) is 5.16. The average molecular weight is 191 g/mol. The van der Waals surface area contributed by atoms with Gasteiger partial charge in [0.25, 0.3) is 5.91 Å². The highest BCUT2D eigenvalue weighted by molar-refractivity contribution is 5.83. The Labute approximate surface area is 78.2 Å². The zero-order valence-corrected chi connectivity index (χ0v) is 8.53. The number of carbonyl (C=O) groups excluding carboxylic acids is 1. The lowest BCUT2D eigenvalue weighted by atomic mass is 10.3. The van der Waals surface area contributed by atoms with Crippen LogP contribution in [0.4, 0.5) is 0 Å². The molecule has 5 nitrogen and oxygen atoms in total. The summed E-state index contributed by atoms with van der Waals surface area (Å²) in [4.78, 5) is 12.9. The van der Waals surface area contributed by atoms with Gasteiger partial charge in [-0.1, -0.05) is 0 Å². The predicted octanol–water partition coefficient (Wildman–Crippen LogP) is -0.554. The van der Waals surface area contributed by atoms with Crippen molar-refractivity contribution in [2.24, 2.45) is 0 Å². The van der Waals surface area contributed by atoms with E-state index < -0.39 is 5.79 Å². The molecule has 5 heteroatoms. The summed E-state index contributed by atoms with van der Waals surface area (Å²) >= 11 is 0. The number of aliphatic hydroxyl groups excluding tert-OH is 1. The summed E-state index contributed by atoms with van der Waals surface area (Å²) in [6.45, 7) is 1.72. The monoisotopic (exact) mass is 191 g/mol. The third-order valence-corrected chi connectivity index (χ3v) is 1.95. The molecule has 1 N–H and O–H groups in total. The van der Waals surface area contributed by atoms with Crippen LogP contribution in [0.1, 0.15) is 6.92 Å². The van der Waals surface area contributed by atoms with Gasteiger partial charge in [-0.05, 0) is 6.92 Å². The zero-order chi connectivity index (χ0) is 10.5. The highest BCUT2D eigenvalue weighted by Crippen LogP contribution is 2.12. The fourth-order valence-electron chi connectivity index (χ4n) is 0.856. The standard InChI is InChI=1S/C8H17NO4/c1-8(12-3,13-4)7(11)9(2)5-6-10/h10H,5-6H2,1-4H3. The third kappa shape index (κ3) is 2.95. The molecular weight excluding hydrogens is 174 g/mol. The Kier molecular flexibility index (Phi) is 4.90. The van der Waals surface area contributed by atoms with Crippen molar-refractivity contribution in [3.05, 3.63) is 0 Å². The first-order valence-electron chi connectivity index (χ1n) is 3.98. The first-order chi connectivity index (χ1) is 6.01. The lowest BCUT2D eigenvalue weighted by Gasteiger charge is -2.29. The van der Waals surface area contributed by atoms with Crippen LogP contribution in [0.3, 0.4) is 0 Å². The van der Waals surface area contributed by atoms with Gasteiger partial charge in [-0.15, -0.1) is 0 Å². The molecule has 0 aromatic heterocycles. The number of rotatable bonds is 5. The molecule has 0 atom stereocenters. The molecule has 13 heavy (non-hydrogen) atoms. The van der Waals surface area contributed by atoms with Crippen LogP contribution >= 0.6 is 0 Å². The van der Waals surface area contributed by atoms with Crippen molar-refractivity contribution in [2.45, 2.75) is 12.7 Å². The summed E-state index contributed by atoms with van der Waals surface area (Å²) in [6, 6.07) is 0. The van der Waals surface area contributed by atoms with Crippen LogP contribution in [-0.4, -0.2) is 56.1 Å². The Balaban J connectivity index is 4.37. The topological polar surface area (TPSA) is 59.0 Å². The second-order valence-electron chi connectivity index (χ2n) is 2.80. The Morgan fingerprint density at radius 1 is 1.46 bits per heavy atom. The number of hydrogen-bond donors (Lipinski definition) is 1. The minimum atomic E-state index is -1.26. The number of methoxy groups -OCH3 is 2. The van der Waals surface area contributed by atoms with E-state index in [-0.39, 0.29) is 19.1 Å². The maximum absolute atomic E-state index is 11.6. The van der Waals surface area contributed by atoms with E-state index in [1.165, 1.54) is 26.0 Å². The van der Waals surface area contributed by atoms with Gasteiger partial charge >= 0.3 is 0 Å². The van der Waals surface area contributed by atoms with Crippen LogP contribution in [-0.2, 0) is 14.3 Å². The summed E-state index contributed by atoms with van der Waals surface area (Å²) in [7, 11) is 4.37. The number of carbonyl (C=O) groups is 1. The SMILES string of the molecule is COC(C)(OC)C(=O)N(C)CCO. The zero-order valence-electron chi connectivity index (χ0n) is 8.53. The lowest BCUT2D eigenvalue weighted by Crippen LogP contribution is -2.48. The van der Waals surface area contributed by atoms with Gasteiger partial charge in [-0.25, -0.2) is 0 Å². The maximum atomic E-state index is 11.6. The van der Waals surface area contributed by atoms with Gasteiger partial charge in [0, 0.05) is 27.8 Å². The van der Waals surface area contributed by atoms with Crippen LogP contribution in [0.25, 0.3) is 0 Å². The van der Waals surface area contributed by atoms with Crippen LogP contribution in [0.5, 0.6) is 0 Å². The number of amides is 1. The minimum absolute atomic E-state index is 0.0776. The lowest BCUT2D eigenvalue weighted by molar-refractivity contribution is -0.209. The molecule has 0 saturated carbocycles. The molecule has 0 radical (unpaired) electrons. The summed E-state index contributed by atoms with van der Waals surface area (Å²) in [5, 5.41) is 8.62. The fraction of sp³-hybridized carbons (Fsp3) is 0.875. The molecule has 0 unspecified atom stereocenters. The molecule has 0 bridgehead atoms. The van der Waals surface area contributed by atoms with Gasteiger partial charge in [-0.2, -0.15) is 0 Å². The molecule has 0 rings (SSSR count). The van der Waals surface area contributed by atoms with E-state index in [0.717, 1.165) is 0 Å². The van der Waals surface area contributed by atoms with Crippen LogP contribution in [0, 0.1) is 0 Å². The van der Waals surface area contributed by atoms with E-state index in [9.17, 15) is 4.79 Å². The van der Waals surface area contributed by atoms with Crippen molar-refractivity contribution in [3.8, 4) is 0 Å². The van der Waals surface area contributed by atoms with Crippen molar-refractivity contribution < 1.29 is 19.4 Å². The van der Waals surface area contributed by atoms with Crippen molar-refractivity contribution in [1.82, 2.24) is 4.90 Å².